The molecule has 4 N–H and O–H groups in total. The second-order valence-corrected chi connectivity index (χ2v) is 4.43. The van der Waals surface area contributed by atoms with Crippen LogP contribution in [0.25, 0.3) is 0 Å². The van der Waals surface area contributed by atoms with Gasteiger partial charge in [0.1, 0.15) is 5.69 Å². The van der Waals surface area contributed by atoms with Gasteiger partial charge in [-0.15, -0.1) is 0 Å². The summed E-state index contributed by atoms with van der Waals surface area (Å²) in [5.74, 6) is -1.79. The predicted molar refractivity (Wildman–Crippen MR) is 70.5 cm³/mol. The maximum absolute atomic E-state index is 11.8. The van der Waals surface area contributed by atoms with Gasteiger partial charge in [-0.05, 0) is 28.1 Å². The summed E-state index contributed by atoms with van der Waals surface area (Å²) < 4.78 is 0.429. The number of anilines is 1. The number of carbonyl (C=O) groups is 2. The molecule has 0 aliphatic carbocycles. The summed E-state index contributed by atoms with van der Waals surface area (Å²) in [5, 5.41) is 11.5. The highest BCUT2D eigenvalue weighted by atomic mass is 79.9. The van der Waals surface area contributed by atoms with Crippen molar-refractivity contribution >= 4 is 33.5 Å². The maximum atomic E-state index is 11.8. The van der Waals surface area contributed by atoms with Crippen LogP contribution in [0.1, 0.15) is 20.8 Å². The van der Waals surface area contributed by atoms with Gasteiger partial charge in [-0.2, -0.15) is 0 Å². The van der Waals surface area contributed by atoms with Crippen LogP contribution in [-0.2, 0) is 0 Å². The number of aromatic amines is 2. The summed E-state index contributed by atoms with van der Waals surface area (Å²) in [5.41, 5.74) is -0.435. The van der Waals surface area contributed by atoms with Crippen molar-refractivity contribution in [1.29, 1.82) is 0 Å². The number of H-pyrrole nitrogens is 2. The van der Waals surface area contributed by atoms with E-state index in [4.69, 9.17) is 5.11 Å². The Labute approximate surface area is 114 Å². The fourth-order valence-corrected chi connectivity index (χ4v) is 1.93. The largest absolute Gasteiger partial charge is 0.478 e. The third-order valence-electron chi connectivity index (χ3n) is 2.32. The average Bonchev–Trinajstić information content (AvgIpc) is 2.78. The van der Waals surface area contributed by atoms with Gasteiger partial charge in [0, 0.05) is 10.7 Å². The van der Waals surface area contributed by atoms with Gasteiger partial charge in [0.2, 0.25) is 0 Å². The van der Waals surface area contributed by atoms with Crippen LogP contribution < -0.4 is 11.0 Å². The standard InChI is InChI=1S/C11H8BrN3O4/c12-6-3-1-2-5(10(17)18)8(6)15-9(16)7-4-13-11(19)14-7/h1-4H,(H,15,16)(H,17,18)(H2,13,14,19). The van der Waals surface area contributed by atoms with Crippen molar-refractivity contribution in [3.8, 4) is 0 Å². The van der Waals surface area contributed by atoms with E-state index >= 15 is 0 Å². The Kier molecular flexibility index (Phi) is 3.52. The van der Waals surface area contributed by atoms with Crippen LogP contribution in [-0.4, -0.2) is 27.0 Å². The third-order valence-corrected chi connectivity index (χ3v) is 2.98. The molecule has 1 aromatic carbocycles. The highest BCUT2D eigenvalue weighted by molar-refractivity contribution is 9.10. The number of benzene rings is 1. The number of carbonyl (C=O) groups excluding carboxylic acids is 1. The first kappa shape index (κ1) is 13.1. The number of halogens is 1. The smallest absolute Gasteiger partial charge is 0.337 e. The van der Waals surface area contributed by atoms with Crippen molar-refractivity contribution in [2.45, 2.75) is 0 Å². The van der Waals surface area contributed by atoms with E-state index in [0.29, 0.717) is 4.47 Å². The zero-order chi connectivity index (χ0) is 14.0. The minimum absolute atomic E-state index is 0.0112. The zero-order valence-corrected chi connectivity index (χ0v) is 10.9. The Morgan fingerprint density at radius 3 is 2.63 bits per heavy atom. The van der Waals surface area contributed by atoms with Crippen LogP contribution in [0.2, 0.25) is 0 Å². The number of carboxylic acid groups (broad SMARTS) is 1. The molecule has 0 radical (unpaired) electrons. The molecule has 98 valence electrons. The fraction of sp³-hybridized carbons (Fsp3) is 0. The van der Waals surface area contributed by atoms with Gasteiger partial charge in [-0.25, -0.2) is 9.59 Å². The molecular weight excluding hydrogens is 318 g/mol. The lowest BCUT2D eigenvalue weighted by Crippen LogP contribution is -2.16. The van der Waals surface area contributed by atoms with Gasteiger partial charge in [-0.3, -0.25) is 4.79 Å². The molecule has 1 aromatic heterocycles. The molecule has 2 aromatic rings. The minimum atomic E-state index is -1.17. The normalized spacial score (nSPS) is 10.2. The SMILES string of the molecule is O=C(Nc1c(Br)cccc1C(=O)O)c1c[nH]c(=O)[nH]1. The van der Waals surface area contributed by atoms with E-state index in [1.54, 1.807) is 12.1 Å². The van der Waals surface area contributed by atoms with Crippen molar-refractivity contribution in [2.24, 2.45) is 0 Å². The number of aromatic carboxylic acids is 1. The Morgan fingerprint density at radius 2 is 2.05 bits per heavy atom. The number of imidazole rings is 1. The number of rotatable bonds is 3. The van der Waals surface area contributed by atoms with Crippen LogP contribution >= 0.6 is 15.9 Å². The van der Waals surface area contributed by atoms with Crippen molar-refractivity contribution in [1.82, 2.24) is 9.97 Å². The van der Waals surface area contributed by atoms with Crippen molar-refractivity contribution < 1.29 is 14.7 Å². The Hall–Kier alpha value is -2.35. The number of hydrogen-bond donors (Lipinski definition) is 4. The maximum Gasteiger partial charge on any atom is 0.337 e. The van der Waals surface area contributed by atoms with E-state index < -0.39 is 17.6 Å². The molecule has 0 saturated carbocycles. The van der Waals surface area contributed by atoms with Crippen molar-refractivity contribution in [3.63, 3.8) is 0 Å². The number of hydrogen-bond acceptors (Lipinski definition) is 3. The van der Waals surface area contributed by atoms with E-state index in [-0.39, 0.29) is 16.9 Å². The monoisotopic (exact) mass is 325 g/mol. The van der Waals surface area contributed by atoms with E-state index in [1.165, 1.54) is 12.3 Å². The Morgan fingerprint density at radius 1 is 1.32 bits per heavy atom. The molecule has 1 amide bonds. The second-order valence-electron chi connectivity index (χ2n) is 3.58. The first-order chi connectivity index (χ1) is 8.99. The van der Waals surface area contributed by atoms with Gasteiger partial charge in [0.05, 0.1) is 11.3 Å². The fourth-order valence-electron chi connectivity index (χ4n) is 1.46. The first-order valence-electron chi connectivity index (χ1n) is 5.10. The highest BCUT2D eigenvalue weighted by Gasteiger charge is 2.16. The van der Waals surface area contributed by atoms with Crippen LogP contribution in [0.15, 0.2) is 33.7 Å². The zero-order valence-electron chi connectivity index (χ0n) is 9.36. The summed E-state index contributed by atoms with van der Waals surface area (Å²) in [6.45, 7) is 0. The van der Waals surface area contributed by atoms with Gasteiger partial charge >= 0.3 is 11.7 Å². The van der Waals surface area contributed by atoms with Crippen molar-refractivity contribution in [3.05, 3.63) is 50.6 Å². The number of nitrogens with one attached hydrogen (secondary N) is 3. The summed E-state index contributed by atoms with van der Waals surface area (Å²) in [6, 6.07) is 4.51. The molecule has 0 fully saturated rings. The molecule has 7 nitrogen and oxygen atoms in total. The molecule has 0 unspecified atom stereocenters. The van der Waals surface area contributed by atoms with Gasteiger partial charge < -0.3 is 20.4 Å². The van der Waals surface area contributed by atoms with Gasteiger partial charge in [0.25, 0.3) is 5.91 Å². The summed E-state index contributed by atoms with van der Waals surface area (Å²) in [6.07, 6.45) is 1.20. The lowest BCUT2D eigenvalue weighted by Gasteiger charge is -2.09. The number of carboxylic acids is 1. The van der Waals surface area contributed by atoms with E-state index in [1.807, 2.05) is 0 Å². The number of amides is 1. The van der Waals surface area contributed by atoms with E-state index in [2.05, 4.69) is 31.2 Å². The van der Waals surface area contributed by atoms with Crippen LogP contribution in [0.3, 0.4) is 0 Å². The number of aromatic nitrogens is 2. The topological polar surface area (TPSA) is 115 Å². The Bertz CT molecular complexity index is 704. The predicted octanol–water partition coefficient (Wildman–Crippen LogP) is 1.42. The molecule has 0 aliphatic heterocycles. The van der Waals surface area contributed by atoms with E-state index in [9.17, 15) is 14.4 Å². The average molecular weight is 326 g/mol. The van der Waals surface area contributed by atoms with Gasteiger partial charge in [-0.1, -0.05) is 6.07 Å². The lowest BCUT2D eigenvalue weighted by molar-refractivity contribution is 0.0698. The summed E-state index contributed by atoms with van der Waals surface area (Å²) >= 11 is 3.16. The summed E-state index contributed by atoms with van der Waals surface area (Å²) in [4.78, 5) is 38.4. The molecule has 0 saturated heterocycles. The molecule has 8 heteroatoms. The van der Waals surface area contributed by atoms with Crippen molar-refractivity contribution in [2.75, 3.05) is 5.32 Å². The molecular formula is C11H8BrN3O4. The molecule has 0 atom stereocenters. The van der Waals surface area contributed by atoms with Crippen LogP contribution in [0.5, 0.6) is 0 Å². The first-order valence-corrected chi connectivity index (χ1v) is 5.89. The Balaban J connectivity index is 2.36. The van der Waals surface area contributed by atoms with Gasteiger partial charge in [0.15, 0.2) is 0 Å². The number of para-hydroxylation sites is 1. The molecule has 0 spiro atoms. The molecule has 0 bridgehead atoms. The molecule has 2 rings (SSSR count). The molecule has 0 aliphatic rings. The van der Waals surface area contributed by atoms with Crippen LogP contribution in [0, 0.1) is 0 Å². The molecule has 19 heavy (non-hydrogen) atoms. The quantitative estimate of drug-likeness (QED) is 0.683. The molecule has 1 heterocycles. The highest BCUT2D eigenvalue weighted by Crippen LogP contribution is 2.26. The lowest BCUT2D eigenvalue weighted by atomic mass is 10.2. The minimum Gasteiger partial charge on any atom is -0.478 e. The van der Waals surface area contributed by atoms with Crippen LogP contribution in [0.4, 0.5) is 5.69 Å². The summed E-state index contributed by atoms with van der Waals surface area (Å²) in [7, 11) is 0. The van der Waals surface area contributed by atoms with E-state index in [0.717, 1.165) is 0 Å². The second kappa shape index (κ2) is 5.11. The third kappa shape index (κ3) is 2.74.